The molecular formula is C14H19N3. The highest BCUT2D eigenvalue weighted by Gasteiger charge is 2.17. The average Bonchev–Trinajstić information content (AvgIpc) is 2.40. The average molecular weight is 229 g/mol. The van der Waals surface area contributed by atoms with Gasteiger partial charge < -0.3 is 11.1 Å². The van der Waals surface area contributed by atoms with Crippen molar-refractivity contribution in [1.82, 2.24) is 5.32 Å². The standard InChI is InChI=1S/C14H19N3/c15-13(11-7-3-1-4-8-11)17-14(16)12-9-5-2-6-10-12/h1-5,7,9,11,13H,6,8,10,15H2,(H2,16,17). The third kappa shape index (κ3) is 3.17. The van der Waals surface area contributed by atoms with Gasteiger partial charge >= 0.3 is 0 Å². The molecule has 0 fully saturated rings. The molecule has 2 unspecified atom stereocenters. The second-order valence-corrected chi connectivity index (χ2v) is 4.42. The lowest BCUT2D eigenvalue weighted by Crippen LogP contribution is -2.46. The third-order valence-electron chi connectivity index (χ3n) is 3.12. The van der Waals surface area contributed by atoms with Gasteiger partial charge in [-0.05, 0) is 24.8 Å². The first-order chi connectivity index (χ1) is 8.27. The molecule has 0 saturated carbocycles. The zero-order valence-corrected chi connectivity index (χ0v) is 9.89. The van der Waals surface area contributed by atoms with Crippen LogP contribution in [0.2, 0.25) is 0 Å². The minimum atomic E-state index is -0.185. The van der Waals surface area contributed by atoms with E-state index in [1.807, 2.05) is 24.3 Å². The zero-order chi connectivity index (χ0) is 12.1. The second-order valence-electron chi connectivity index (χ2n) is 4.42. The second kappa shape index (κ2) is 5.64. The van der Waals surface area contributed by atoms with Crippen LogP contribution in [0.15, 0.2) is 48.1 Å². The van der Waals surface area contributed by atoms with Crippen molar-refractivity contribution in [2.75, 3.05) is 0 Å². The molecule has 3 heteroatoms. The molecule has 17 heavy (non-hydrogen) atoms. The predicted octanol–water partition coefficient (Wildman–Crippen LogP) is 2.25. The predicted molar refractivity (Wildman–Crippen MR) is 71.7 cm³/mol. The van der Waals surface area contributed by atoms with Crippen LogP contribution < -0.4 is 11.1 Å². The van der Waals surface area contributed by atoms with Crippen molar-refractivity contribution < 1.29 is 0 Å². The van der Waals surface area contributed by atoms with E-state index in [9.17, 15) is 0 Å². The molecule has 0 heterocycles. The molecule has 4 N–H and O–H groups in total. The van der Waals surface area contributed by atoms with Gasteiger partial charge in [0.15, 0.2) is 0 Å². The van der Waals surface area contributed by atoms with Crippen molar-refractivity contribution in [2.24, 2.45) is 11.7 Å². The maximum absolute atomic E-state index is 8.00. The van der Waals surface area contributed by atoms with Crippen LogP contribution in [0.5, 0.6) is 0 Å². The van der Waals surface area contributed by atoms with Gasteiger partial charge in [-0.1, -0.05) is 42.5 Å². The first-order valence-electron chi connectivity index (χ1n) is 6.07. The van der Waals surface area contributed by atoms with Crippen LogP contribution >= 0.6 is 0 Å². The molecule has 2 aliphatic carbocycles. The topological polar surface area (TPSA) is 61.9 Å². The number of hydrogen-bond acceptors (Lipinski definition) is 2. The van der Waals surface area contributed by atoms with Gasteiger partial charge in [-0.25, -0.2) is 0 Å². The molecule has 90 valence electrons. The number of nitrogens with one attached hydrogen (secondary N) is 2. The quantitative estimate of drug-likeness (QED) is 0.395. The van der Waals surface area contributed by atoms with E-state index in [1.54, 1.807) is 0 Å². The minimum Gasteiger partial charge on any atom is -0.355 e. The Hall–Kier alpha value is -1.61. The Balaban J connectivity index is 1.89. The van der Waals surface area contributed by atoms with Crippen LogP contribution in [-0.4, -0.2) is 12.0 Å². The number of allylic oxidation sites excluding steroid dienone is 6. The molecule has 3 nitrogen and oxygen atoms in total. The van der Waals surface area contributed by atoms with Crippen LogP contribution in [0.4, 0.5) is 0 Å². The van der Waals surface area contributed by atoms with Crippen LogP contribution in [-0.2, 0) is 0 Å². The molecule has 2 aliphatic rings. The van der Waals surface area contributed by atoms with Crippen molar-refractivity contribution >= 4 is 5.84 Å². The smallest absolute Gasteiger partial charge is 0.122 e. The minimum absolute atomic E-state index is 0.185. The first-order valence-corrected chi connectivity index (χ1v) is 6.07. The van der Waals surface area contributed by atoms with Crippen LogP contribution in [0.1, 0.15) is 19.3 Å². The molecule has 0 spiro atoms. The zero-order valence-electron chi connectivity index (χ0n) is 9.89. The van der Waals surface area contributed by atoms with E-state index in [-0.39, 0.29) is 12.1 Å². The van der Waals surface area contributed by atoms with Crippen molar-refractivity contribution in [2.45, 2.75) is 25.4 Å². The summed E-state index contributed by atoms with van der Waals surface area (Å²) in [6.07, 6.45) is 17.1. The number of nitrogens with two attached hydrogens (primary N) is 1. The Bertz CT molecular complexity index is 402. The summed E-state index contributed by atoms with van der Waals surface area (Å²) in [6, 6.07) is 0. The van der Waals surface area contributed by atoms with Crippen LogP contribution in [0, 0.1) is 11.3 Å². The summed E-state index contributed by atoms with van der Waals surface area (Å²) in [5.41, 5.74) is 7.11. The summed E-state index contributed by atoms with van der Waals surface area (Å²) >= 11 is 0. The number of rotatable bonds is 3. The SMILES string of the molecule is N=C(NC(N)C1C=CC=CC1)C1=CC=CCC1. The fourth-order valence-electron chi connectivity index (χ4n) is 2.04. The van der Waals surface area contributed by atoms with Crippen molar-refractivity contribution in [3.63, 3.8) is 0 Å². The Kier molecular flexibility index (Phi) is 3.94. The van der Waals surface area contributed by atoms with E-state index >= 15 is 0 Å². The molecule has 0 bridgehead atoms. The maximum atomic E-state index is 8.00. The van der Waals surface area contributed by atoms with E-state index in [0.29, 0.717) is 5.84 Å². The molecule has 0 aromatic rings. The third-order valence-corrected chi connectivity index (χ3v) is 3.12. The van der Waals surface area contributed by atoms with Crippen molar-refractivity contribution in [3.8, 4) is 0 Å². The summed E-state index contributed by atoms with van der Waals surface area (Å²) < 4.78 is 0. The number of amidine groups is 1. The molecule has 2 rings (SSSR count). The highest BCUT2D eigenvalue weighted by molar-refractivity contribution is 5.96. The summed E-state index contributed by atoms with van der Waals surface area (Å²) in [4.78, 5) is 0. The fraction of sp³-hybridized carbons (Fsp3) is 0.357. The van der Waals surface area contributed by atoms with E-state index in [4.69, 9.17) is 11.1 Å². The molecule has 0 aliphatic heterocycles. The van der Waals surface area contributed by atoms with Gasteiger partial charge in [0.2, 0.25) is 0 Å². The van der Waals surface area contributed by atoms with Gasteiger partial charge in [0.1, 0.15) is 5.84 Å². The van der Waals surface area contributed by atoms with Gasteiger partial charge in [0.25, 0.3) is 0 Å². The summed E-state index contributed by atoms with van der Waals surface area (Å²) in [5, 5.41) is 11.1. The van der Waals surface area contributed by atoms with E-state index < -0.39 is 0 Å². The van der Waals surface area contributed by atoms with Gasteiger partial charge in [0.05, 0.1) is 6.17 Å². The molecule has 0 saturated heterocycles. The van der Waals surface area contributed by atoms with Crippen molar-refractivity contribution in [3.05, 3.63) is 48.1 Å². The lowest BCUT2D eigenvalue weighted by atomic mass is 9.97. The van der Waals surface area contributed by atoms with Gasteiger partial charge in [-0.3, -0.25) is 5.41 Å². The Morgan fingerprint density at radius 2 is 2.24 bits per heavy atom. The molecule has 0 amide bonds. The van der Waals surface area contributed by atoms with E-state index in [1.165, 1.54) is 0 Å². The normalized spacial score (nSPS) is 24.3. The Morgan fingerprint density at radius 3 is 2.88 bits per heavy atom. The fourth-order valence-corrected chi connectivity index (χ4v) is 2.04. The highest BCUT2D eigenvalue weighted by Crippen LogP contribution is 2.15. The number of hydrogen-bond donors (Lipinski definition) is 3. The lowest BCUT2D eigenvalue weighted by Gasteiger charge is -2.24. The summed E-state index contributed by atoms with van der Waals surface area (Å²) in [6.45, 7) is 0. The van der Waals surface area contributed by atoms with Crippen LogP contribution in [0.25, 0.3) is 0 Å². The summed E-state index contributed by atoms with van der Waals surface area (Å²) in [7, 11) is 0. The molecular weight excluding hydrogens is 210 g/mol. The van der Waals surface area contributed by atoms with Crippen LogP contribution in [0.3, 0.4) is 0 Å². The van der Waals surface area contributed by atoms with E-state index in [0.717, 1.165) is 24.8 Å². The molecule has 0 aromatic heterocycles. The van der Waals surface area contributed by atoms with Gasteiger partial charge in [0, 0.05) is 5.92 Å². The lowest BCUT2D eigenvalue weighted by molar-refractivity contribution is 0.475. The van der Waals surface area contributed by atoms with Gasteiger partial charge in [-0.2, -0.15) is 0 Å². The summed E-state index contributed by atoms with van der Waals surface area (Å²) in [5.74, 6) is 0.741. The Labute approximate surface area is 102 Å². The first kappa shape index (κ1) is 11.9. The van der Waals surface area contributed by atoms with Gasteiger partial charge in [-0.15, -0.1) is 0 Å². The monoisotopic (exact) mass is 229 g/mol. The largest absolute Gasteiger partial charge is 0.355 e. The highest BCUT2D eigenvalue weighted by atomic mass is 15.1. The van der Waals surface area contributed by atoms with E-state index in [2.05, 4.69) is 23.5 Å². The maximum Gasteiger partial charge on any atom is 0.122 e. The molecule has 0 aromatic carbocycles. The molecule has 2 atom stereocenters. The molecule has 0 radical (unpaired) electrons. The Morgan fingerprint density at radius 1 is 1.35 bits per heavy atom. The van der Waals surface area contributed by atoms with Crippen molar-refractivity contribution in [1.29, 1.82) is 5.41 Å².